The SMILES string of the molecule is C=CCNC(=O)/C(C#N)=C\c1cn(-c2ccccc2)nc1-c1cccc(S(=O)(=O)N2CCC(C)CC2)c1. The summed E-state index contributed by atoms with van der Waals surface area (Å²) in [5, 5.41) is 17.0. The third-order valence-corrected chi connectivity index (χ3v) is 8.22. The number of sulfonamides is 1. The summed E-state index contributed by atoms with van der Waals surface area (Å²) in [6.45, 7) is 6.93. The summed E-state index contributed by atoms with van der Waals surface area (Å²) in [6.07, 6.45) is 6.38. The van der Waals surface area contributed by atoms with E-state index in [4.69, 9.17) is 5.10 Å². The van der Waals surface area contributed by atoms with Crippen molar-refractivity contribution in [2.24, 2.45) is 5.92 Å². The molecule has 0 bridgehead atoms. The van der Waals surface area contributed by atoms with E-state index in [-0.39, 0.29) is 17.0 Å². The lowest BCUT2D eigenvalue weighted by atomic mass is 10.0. The maximum atomic E-state index is 13.4. The minimum absolute atomic E-state index is 0.0954. The lowest BCUT2D eigenvalue weighted by Gasteiger charge is -2.29. The van der Waals surface area contributed by atoms with E-state index in [0.717, 1.165) is 18.5 Å². The number of nitriles is 1. The molecule has 1 aliphatic rings. The van der Waals surface area contributed by atoms with Crippen LogP contribution in [0.4, 0.5) is 0 Å². The highest BCUT2D eigenvalue weighted by molar-refractivity contribution is 7.89. The van der Waals surface area contributed by atoms with Crippen molar-refractivity contribution in [3.8, 4) is 23.0 Å². The van der Waals surface area contributed by atoms with Gasteiger partial charge in [-0.25, -0.2) is 13.1 Å². The number of para-hydroxylation sites is 1. The van der Waals surface area contributed by atoms with Crippen LogP contribution in [0.2, 0.25) is 0 Å². The van der Waals surface area contributed by atoms with E-state index in [2.05, 4.69) is 18.8 Å². The fourth-order valence-electron chi connectivity index (χ4n) is 4.17. The number of nitrogens with zero attached hydrogens (tertiary/aromatic N) is 4. The van der Waals surface area contributed by atoms with Crippen LogP contribution in [-0.2, 0) is 14.8 Å². The number of piperidine rings is 1. The molecule has 1 amide bonds. The maximum absolute atomic E-state index is 13.4. The van der Waals surface area contributed by atoms with Crippen LogP contribution < -0.4 is 5.32 Å². The molecule has 190 valence electrons. The third-order valence-electron chi connectivity index (χ3n) is 6.32. The Morgan fingerprint density at radius 2 is 1.92 bits per heavy atom. The topological polar surface area (TPSA) is 108 Å². The second-order valence-electron chi connectivity index (χ2n) is 9.00. The first-order chi connectivity index (χ1) is 17.8. The first-order valence-electron chi connectivity index (χ1n) is 12.1. The van der Waals surface area contributed by atoms with Crippen LogP contribution in [0, 0.1) is 17.2 Å². The molecule has 0 atom stereocenters. The van der Waals surface area contributed by atoms with Gasteiger partial charge in [-0.1, -0.05) is 43.3 Å². The van der Waals surface area contributed by atoms with Crippen molar-refractivity contribution in [2.45, 2.75) is 24.7 Å². The van der Waals surface area contributed by atoms with Gasteiger partial charge in [-0.2, -0.15) is 14.7 Å². The number of rotatable bonds is 8. The smallest absolute Gasteiger partial charge is 0.262 e. The van der Waals surface area contributed by atoms with Crippen molar-refractivity contribution >= 4 is 22.0 Å². The summed E-state index contributed by atoms with van der Waals surface area (Å²) in [5.41, 5.74) is 2.22. The van der Waals surface area contributed by atoms with E-state index < -0.39 is 15.9 Å². The molecule has 4 rings (SSSR count). The van der Waals surface area contributed by atoms with E-state index in [0.29, 0.717) is 35.8 Å². The van der Waals surface area contributed by atoms with Crippen LogP contribution in [0.15, 0.2) is 83.9 Å². The second kappa shape index (κ2) is 11.4. The zero-order chi connectivity index (χ0) is 26.4. The molecule has 37 heavy (non-hydrogen) atoms. The number of benzene rings is 2. The lowest BCUT2D eigenvalue weighted by Crippen LogP contribution is -2.37. The lowest BCUT2D eigenvalue weighted by molar-refractivity contribution is -0.116. The first kappa shape index (κ1) is 26.1. The van der Waals surface area contributed by atoms with Crippen molar-refractivity contribution in [3.05, 3.63) is 84.6 Å². The summed E-state index contributed by atoms with van der Waals surface area (Å²) in [7, 11) is -3.67. The summed E-state index contributed by atoms with van der Waals surface area (Å²) in [4.78, 5) is 12.7. The molecule has 9 heteroatoms. The number of hydrogen-bond acceptors (Lipinski definition) is 5. The van der Waals surface area contributed by atoms with E-state index in [1.54, 1.807) is 35.1 Å². The Morgan fingerprint density at radius 1 is 1.19 bits per heavy atom. The number of hydrogen-bond donors (Lipinski definition) is 1. The van der Waals surface area contributed by atoms with Gasteiger partial charge in [0.15, 0.2) is 0 Å². The highest BCUT2D eigenvalue weighted by Crippen LogP contribution is 2.30. The van der Waals surface area contributed by atoms with Crippen LogP contribution in [0.25, 0.3) is 23.0 Å². The molecule has 1 fully saturated rings. The zero-order valence-electron chi connectivity index (χ0n) is 20.7. The molecule has 2 heterocycles. The van der Waals surface area contributed by atoms with Gasteiger partial charge in [-0.05, 0) is 49.1 Å². The van der Waals surface area contributed by atoms with Crippen molar-refractivity contribution in [3.63, 3.8) is 0 Å². The predicted molar refractivity (Wildman–Crippen MR) is 143 cm³/mol. The van der Waals surface area contributed by atoms with Gasteiger partial charge in [0.1, 0.15) is 17.3 Å². The van der Waals surface area contributed by atoms with Crippen molar-refractivity contribution in [1.82, 2.24) is 19.4 Å². The standard InChI is InChI=1S/C28H29N5O3S/c1-3-14-30-28(34)23(19-29)17-24-20-33(25-9-5-4-6-10-25)31-27(24)22-8-7-11-26(18-22)37(35,36)32-15-12-21(2)13-16-32/h3-11,17-18,20-21H,1,12-16H2,2H3,(H,30,34)/b23-17-. The van der Waals surface area contributed by atoms with E-state index in [9.17, 15) is 18.5 Å². The minimum atomic E-state index is -3.67. The van der Waals surface area contributed by atoms with Gasteiger partial charge in [0.2, 0.25) is 10.0 Å². The van der Waals surface area contributed by atoms with Crippen LogP contribution in [0.1, 0.15) is 25.3 Å². The summed E-state index contributed by atoms with van der Waals surface area (Å²) in [5.74, 6) is -0.0245. The summed E-state index contributed by atoms with van der Waals surface area (Å²) >= 11 is 0. The number of carbonyl (C=O) groups excluding carboxylic acids is 1. The van der Waals surface area contributed by atoms with Gasteiger partial charge >= 0.3 is 0 Å². The maximum Gasteiger partial charge on any atom is 0.262 e. The van der Waals surface area contributed by atoms with Crippen LogP contribution in [0.5, 0.6) is 0 Å². The van der Waals surface area contributed by atoms with Gasteiger partial charge in [-0.3, -0.25) is 4.79 Å². The third kappa shape index (κ3) is 5.88. The Labute approximate surface area is 217 Å². The predicted octanol–water partition coefficient (Wildman–Crippen LogP) is 4.17. The fourth-order valence-corrected chi connectivity index (χ4v) is 5.69. The number of amides is 1. The van der Waals surface area contributed by atoms with Gasteiger partial charge < -0.3 is 5.32 Å². The normalized spacial score (nSPS) is 15.2. The average molecular weight is 516 g/mol. The Balaban J connectivity index is 1.78. The summed E-state index contributed by atoms with van der Waals surface area (Å²) in [6, 6.07) is 18.0. The Bertz CT molecular complexity index is 1460. The molecule has 2 aromatic carbocycles. The van der Waals surface area contributed by atoms with E-state index >= 15 is 0 Å². The monoisotopic (exact) mass is 515 g/mol. The molecule has 0 spiro atoms. The molecule has 1 N–H and O–H groups in total. The molecular weight excluding hydrogens is 486 g/mol. The Morgan fingerprint density at radius 3 is 2.59 bits per heavy atom. The Kier molecular flexibility index (Phi) is 8.01. The van der Waals surface area contributed by atoms with Crippen LogP contribution >= 0.6 is 0 Å². The summed E-state index contributed by atoms with van der Waals surface area (Å²) < 4.78 is 30.0. The molecular formula is C28H29N5O3S. The van der Waals surface area contributed by atoms with E-state index in [1.165, 1.54) is 16.5 Å². The van der Waals surface area contributed by atoms with Gasteiger partial charge in [0, 0.05) is 37.0 Å². The molecule has 3 aromatic rings. The number of carbonyl (C=O) groups is 1. The van der Waals surface area contributed by atoms with Gasteiger partial charge in [-0.15, -0.1) is 6.58 Å². The Hall–Kier alpha value is -4.00. The quantitative estimate of drug-likeness (QED) is 0.275. The second-order valence-corrected chi connectivity index (χ2v) is 10.9. The van der Waals surface area contributed by atoms with Crippen LogP contribution in [0.3, 0.4) is 0 Å². The minimum Gasteiger partial charge on any atom is -0.348 e. The molecule has 0 saturated carbocycles. The molecule has 0 radical (unpaired) electrons. The van der Waals surface area contributed by atoms with Crippen molar-refractivity contribution in [2.75, 3.05) is 19.6 Å². The highest BCUT2D eigenvalue weighted by Gasteiger charge is 2.28. The zero-order valence-corrected chi connectivity index (χ0v) is 21.5. The van der Waals surface area contributed by atoms with Crippen LogP contribution in [-0.4, -0.2) is 48.0 Å². The molecule has 1 aliphatic heterocycles. The van der Waals surface area contributed by atoms with Crippen molar-refractivity contribution in [1.29, 1.82) is 5.26 Å². The van der Waals surface area contributed by atoms with E-state index in [1.807, 2.05) is 36.4 Å². The first-order valence-corrected chi connectivity index (χ1v) is 13.5. The molecule has 1 aromatic heterocycles. The largest absolute Gasteiger partial charge is 0.348 e. The molecule has 8 nitrogen and oxygen atoms in total. The highest BCUT2D eigenvalue weighted by atomic mass is 32.2. The molecule has 0 aliphatic carbocycles. The number of aromatic nitrogens is 2. The molecule has 1 saturated heterocycles. The fraction of sp³-hybridized carbons (Fsp3) is 0.250. The van der Waals surface area contributed by atoms with Gasteiger partial charge in [0.05, 0.1) is 10.6 Å². The number of nitrogens with one attached hydrogen (secondary N) is 1. The van der Waals surface area contributed by atoms with Crippen molar-refractivity contribution < 1.29 is 13.2 Å². The molecule has 0 unspecified atom stereocenters. The van der Waals surface area contributed by atoms with Gasteiger partial charge in [0.25, 0.3) is 5.91 Å². The average Bonchev–Trinajstić information content (AvgIpc) is 3.35.